The van der Waals surface area contributed by atoms with Crippen LogP contribution in [0.2, 0.25) is 0 Å². The Bertz CT molecular complexity index is 942. The smallest absolute Gasteiger partial charge is 0.255 e. The number of carbonyl (C=O) groups is 1. The molecule has 148 valence electrons. The van der Waals surface area contributed by atoms with Gasteiger partial charge in [0.05, 0.1) is 18.3 Å². The number of anilines is 1. The fourth-order valence-corrected chi connectivity index (χ4v) is 3.00. The molecule has 0 N–H and O–H groups in total. The van der Waals surface area contributed by atoms with Crippen LogP contribution >= 0.6 is 0 Å². The minimum atomic E-state index is -0.0460. The topological polar surface area (TPSA) is 72.1 Å². The number of rotatable bonds is 7. The summed E-state index contributed by atoms with van der Waals surface area (Å²) in [6.07, 6.45) is 7.14. The summed E-state index contributed by atoms with van der Waals surface area (Å²) >= 11 is 0. The zero-order chi connectivity index (χ0) is 20.3. The molecule has 28 heavy (non-hydrogen) atoms. The van der Waals surface area contributed by atoms with Crippen LogP contribution in [0.4, 0.5) is 5.82 Å². The fraction of sp³-hybridized carbons (Fsp3) is 0.400. The molecule has 0 aliphatic rings. The highest BCUT2D eigenvalue weighted by molar-refractivity contribution is 5.94. The van der Waals surface area contributed by atoms with Crippen molar-refractivity contribution in [3.8, 4) is 0 Å². The largest absolute Gasteiger partial charge is 0.355 e. The van der Waals surface area contributed by atoms with Crippen LogP contribution in [0.1, 0.15) is 34.4 Å². The summed E-state index contributed by atoms with van der Waals surface area (Å²) in [4.78, 5) is 25.5. The van der Waals surface area contributed by atoms with Gasteiger partial charge >= 0.3 is 0 Å². The van der Waals surface area contributed by atoms with Crippen molar-refractivity contribution in [1.82, 2.24) is 29.2 Å². The van der Waals surface area contributed by atoms with Crippen LogP contribution in [-0.4, -0.2) is 48.7 Å². The lowest BCUT2D eigenvalue weighted by Gasteiger charge is -2.21. The monoisotopic (exact) mass is 381 g/mol. The highest BCUT2D eigenvalue weighted by Gasteiger charge is 2.17. The van der Waals surface area contributed by atoms with Gasteiger partial charge in [0.1, 0.15) is 11.6 Å². The van der Waals surface area contributed by atoms with Gasteiger partial charge in [-0.05, 0) is 26.0 Å². The van der Waals surface area contributed by atoms with Gasteiger partial charge in [0.25, 0.3) is 5.91 Å². The molecule has 3 aromatic heterocycles. The van der Waals surface area contributed by atoms with Crippen molar-refractivity contribution >= 4 is 11.7 Å². The van der Waals surface area contributed by atoms with Crippen molar-refractivity contribution in [3.63, 3.8) is 0 Å². The third-order valence-electron chi connectivity index (χ3n) is 5.05. The van der Waals surface area contributed by atoms with Gasteiger partial charge in [0, 0.05) is 64.1 Å². The molecule has 0 aliphatic carbocycles. The molecule has 3 rings (SSSR count). The molecule has 0 saturated carbocycles. The zero-order valence-corrected chi connectivity index (χ0v) is 17.1. The van der Waals surface area contributed by atoms with Crippen molar-refractivity contribution in [3.05, 3.63) is 59.6 Å². The lowest BCUT2D eigenvalue weighted by atomic mass is 10.2. The van der Waals surface area contributed by atoms with Crippen molar-refractivity contribution < 1.29 is 4.79 Å². The summed E-state index contributed by atoms with van der Waals surface area (Å²) in [7, 11) is 5.84. The molecule has 3 heterocycles. The van der Waals surface area contributed by atoms with Gasteiger partial charge in [-0.25, -0.2) is 9.97 Å². The first-order chi connectivity index (χ1) is 13.4. The van der Waals surface area contributed by atoms with Crippen LogP contribution in [0.25, 0.3) is 0 Å². The summed E-state index contributed by atoms with van der Waals surface area (Å²) in [6, 6.07) is 3.71. The highest BCUT2D eigenvalue weighted by atomic mass is 16.2. The third-order valence-corrected chi connectivity index (χ3v) is 5.05. The Kier molecular flexibility index (Phi) is 5.77. The normalized spacial score (nSPS) is 10.9. The molecule has 8 heteroatoms. The first kappa shape index (κ1) is 19.6. The lowest BCUT2D eigenvalue weighted by Crippen LogP contribution is -2.31. The van der Waals surface area contributed by atoms with Crippen LogP contribution < -0.4 is 4.90 Å². The molecule has 0 bridgehead atoms. The van der Waals surface area contributed by atoms with Crippen molar-refractivity contribution in [2.24, 2.45) is 14.1 Å². The second-order valence-electron chi connectivity index (χ2n) is 6.91. The molecule has 3 aromatic rings. The summed E-state index contributed by atoms with van der Waals surface area (Å²) in [6.45, 7) is 5.80. The maximum atomic E-state index is 12.9. The molecule has 1 amide bonds. The maximum absolute atomic E-state index is 12.9. The van der Waals surface area contributed by atoms with Crippen molar-refractivity contribution in [2.75, 3.05) is 18.5 Å². The number of carbonyl (C=O) groups excluding carboxylic acids is 1. The minimum absolute atomic E-state index is 0.0460. The predicted octanol–water partition coefficient (Wildman–Crippen LogP) is 2.16. The number of pyridine rings is 1. The van der Waals surface area contributed by atoms with E-state index in [9.17, 15) is 4.79 Å². The molecular weight excluding hydrogens is 354 g/mol. The van der Waals surface area contributed by atoms with Crippen LogP contribution in [0, 0.1) is 6.92 Å². The van der Waals surface area contributed by atoms with Gasteiger partial charge in [-0.3, -0.25) is 9.48 Å². The van der Waals surface area contributed by atoms with E-state index >= 15 is 0 Å². The fourth-order valence-electron chi connectivity index (χ4n) is 3.00. The van der Waals surface area contributed by atoms with E-state index in [1.807, 2.05) is 73.7 Å². The van der Waals surface area contributed by atoms with Gasteiger partial charge < -0.3 is 14.4 Å². The van der Waals surface area contributed by atoms with Gasteiger partial charge in [0.15, 0.2) is 0 Å². The minimum Gasteiger partial charge on any atom is -0.355 e. The summed E-state index contributed by atoms with van der Waals surface area (Å²) in [5.41, 5.74) is 2.86. The Hall–Kier alpha value is -3.16. The summed E-state index contributed by atoms with van der Waals surface area (Å²) in [5, 5.41) is 4.28. The van der Waals surface area contributed by atoms with Crippen molar-refractivity contribution in [1.29, 1.82) is 0 Å². The van der Waals surface area contributed by atoms with Crippen LogP contribution in [0.15, 0.2) is 36.9 Å². The van der Waals surface area contributed by atoms with E-state index in [2.05, 4.69) is 15.1 Å². The molecule has 8 nitrogen and oxygen atoms in total. The predicted molar refractivity (Wildman–Crippen MR) is 108 cm³/mol. The lowest BCUT2D eigenvalue weighted by molar-refractivity contribution is 0.0747. The van der Waals surface area contributed by atoms with E-state index in [0.29, 0.717) is 25.2 Å². The van der Waals surface area contributed by atoms with E-state index in [4.69, 9.17) is 0 Å². The zero-order valence-electron chi connectivity index (χ0n) is 17.1. The average molecular weight is 381 g/mol. The van der Waals surface area contributed by atoms with Crippen LogP contribution in [0.3, 0.4) is 0 Å². The van der Waals surface area contributed by atoms with Gasteiger partial charge in [-0.2, -0.15) is 5.10 Å². The average Bonchev–Trinajstić information content (AvgIpc) is 3.25. The Morgan fingerprint density at radius 2 is 1.93 bits per heavy atom. The van der Waals surface area contributed by atoms with E-state index < -0.39 is 0 Å². The van der Waals surface area contributed by atoms with Crippen molar-refractivity contribution in [2.45, 2.75) is 26.9 Å². The summed E-state index contributed by atoms with van der Waals surface area (Å²) < 4.78 is 3.78. The SMILES string of the molecule is CCN(Cc1nccn1C)C(=O)c1ccc(N(C)Cc2cnn(C)c2C)nc1. The highest BCUT2D eigenvalue weighted by Crippen LogP contribution is 2.16. The van der Waals surface area contributed by atoms with E-state index in [1.54, 1.807) is 17.3 Å². The van der Waals surface area contributed by atoms with Gasteiger partial charge in [-0.1, -0.05) is 0 Å². The number of amides is 1. The Morgan fingerprint density at radius 3 is 2.46 bits per heavy atom. The molecule has 0 radical (unpaired) electrons. The van der Waals surface area contributed by atoms with E-state index in [0.717, 1.165) is 22.9 Å². The number of aromatic nitrogens is 5. The standard InChI is InChI=1S/C20H27N7O/c1-6-27(14-19-21-9-10-24(19)3)20(28)16-7-8-18(22-11-16)25(4)13-17-12-23-26(5)15(17)2/h7-12H,6,13-14H2,1-5H3. The maximum Gasteiger partial charge on any atom is 0.255 e. The molecule has 0 fully saturated rings. The van der Waals surface area contributed by atoms with Gasteiger partial charge in [0.2, 0.25) is 0 Å². The van der Waals surface area contributed by atoms with Crippen LogP contribution in [0.5, 0.6) is 0 Å². The number of imidazole rings is 1. The first-order valence-corrected chi connectivity index (χ1v) is 9.30. The number of nitrogens with zero attached hydrogens (tertiary/aromatic N) is 7. The molecule has 0 spiro atoms. The second-order valence-corrected chi connectivity index (χ2v) is 6.91. The summed E-state index contributed by atoms with van der Waals surface area (Å²) in [5.74, 6) is 1.62. The molecule has 0 saturated heterocycles. The Morgan fingerprint density at radius 1 is 1.14 bits per heavy atom. The Balaban J connectivity index is 1.69. The van der Waals surface area contributed by atoms with Crippen LogP contribution in [-0.2, 0) is 27.2 Å². The molecule has 0 unspecified atom stereocenters. The van der Waals surface area contributed by atoms with E-state index in [-0.39, 0.29) is 5.91 Å². The molecule has 0 atom stereocenters. The first-order valence-electron chi connectivity index (χ1n) is 9.30. The van der Waals surface area contributed by atoms with Gasteiger partial charge in [-0.15, -0.1) is 0 Å². The molecule has 0 aromatic carbocycles. The van der Waals surface area contributed by atoms with E-state index in [1.165, 1.54) is 0 Å². The third kappa shape index (κ3) is 4.05. The number of hydrogen-bond donors (Lipinski definition) is 0. The Labute approximate surface area is 165 Å². The second kappa shape index (κ2) is 8.24. The number of aryl methyl sites for hydroxylation is 2. The number of hydrogen-bond acceptors (Lipinski definition) is 5. The molecule has 0 aliphatic heterocycles. The quantitative estimate of drug-likeness (QED) is 0.627. The molecular formula is C20H27N7O.